The van der Waals surface area contributed by atoms with Crippen molar-refractivity contribution in [2.75, 3.05) is 0 Å². The molecule has 4 aromatic rings. The van der Waals surface area contributed by atoms with Crippen LogP contribution in [0.5, 0.6) is 0 Å². The Labute approximate surface area is 215 Å². The molecular weight excluding hydrogens is 464 g/mol. The van der Waals surface area contributed by atoms with Crippen LogP contribution in [0, 0.1) is 0 Å². The van der Waals surface area contributed by atoms with Gasteiger partial charge in [-0.05, 0) is 67.8 Å². The SMILES string of the molecule is O=C(Cc1ccccn1)Cc1ccc(C2CCC(c3ccc(CC(=O)Cc4ccccn4)nn3)C2)nn1. The number of carbonyl (C=O) groups is 2. The summed E-state index contributed by atoms with van der Waals surface area (Å²) >= 11 is 0. The highest BCUT2D eigenvalue weighted by Crippen LogP contribution is 2.42. The Morgan fingerprint density at radius 3 is 1.41 bits per heavy atom. The molecule has 8 heteroatoms. The van der Waals surface area contributed by atoms with Gasteiger partial charge in [0.05, 0.1) is 35.6 Å². The molecule has 0 aromatic carbocycles. The number of ketones is 2. The van der Waals surface area contributed by atoms with Crippen molar-refractivity contribution in [3.63, 3.8) is 0 Å². The minimum Gasteiger partial charge on any atom is -0.299 e. The predicted octanol–water partition coefficient (Wildman–Crippen LogP) is 3.82. The summed E-state index contributed by atoms with van der Waals surface area (Å²) in [5, 5.41) is 17.5. The maximum absolute atomic E-state index is 12.3. The van der Waals surface area contributed by atoms with E-state index in [1.54, 1.807) is 12.4 Å². The molecule has 0 saturated heterocycles. The maximum atomic E-state index is 12.3. The van der Waals surface area contributed by atoms with Gasteiger partial charge in [-0.15, -0.1) is 0 Å². The van der Waals surface area contributed by atoms with E-state index in [1.165, 1.54) is 0 Å². The van der Waals surface area contributed by atoms with Gasteiger partial charge in [-0.2, -0.15) is 20.4 Å². The summed E-state index contributed by atoms with van der Waals surface area (Å²) in [7, 11) is 0. The Hall–Kier alpha value is -4.20. The van der Waals surface area contributed by atoms with Crippen molar-refractivity contribution in [1.29, 1.82) is 0 Å². The Morgan fingerprint density at radius 2 is 1.03 bits per heavy atom. The van der Waals surface area contributed by atoms with Crippen LogP contribution < -0.4 is 0 Å². The van der Waals surface area contributed by atoms with Gasteiger partial charge < -0.3 is 0 Å². The Balaban J connectivity index is 1.12. The average molecular weight is 493 g/mol. The van der Waals surface area contributed by atoms with E-state index in [0.29, 0.717) is 36.1 Å². The van der Waals surface area contributed by atoms with E-state index in [4.69, 9.17) is 0 Å². The number of aromatic nitrogens is 6. The molecule has 8 nitrogen and oxygen atoms in total. The van der Waals surface area contributed by atoms with E-state index < -0.39 is 0 Å². The maximum Gasteiger partial charge on any atom is 0.144 e. The van der Waals surface area contributed by atoms with E-state index in [1.807, 2.05) is 60.7 Å². The predicted molar refractivity (Wildman–Crippen MR) is 137 cm³/mol. The molecule has 1 saturated carbocycles. The first kappa shape index (κ1) is 24.5. The first-order chi connectivity index (χ1) is 18.1. The lowest BCUT2D eigenvalue weighted by molar-refractivity contribution is -0.118. The standard InChI is InChI=1S/C29H28N6O2/c36-26(16-22-5-1-3-13-30-22)18-24-9-11-28(34-32-24)20-7-8-21(15-20)29-12-10-25(33-35-29)19-27(37)17-23-6-2-4-14-31-23/h1-6,9-14,20-21H,7-8,15-19H2. The molecule has 37 heavy (non-hydrogen) atoms. The molecule has 5 rings (SSSR count). The van der Waals surface area contributed by atoms with Crippen LogP contribution >= 0.6 is 0 Å². The Kier molecular flexibility index (Phi) is 7.74. The molecule has 4 heterocycles. The van der Waals surface area contributed by atoms with Crippen LogP contribution in [0.3, 0.4) is 0 Å². The van der Waals surface area contributed by atoms with Crippen molar-refractivity contribution < 1.29 is 9.59 Å². The van der Waals surface area contributed by atoms with Gasteiger partial charge in [-0.1, -0.05) is 12.1 Å². The summed E-state index contributed by atoms with van der Waals surface area (Å²) in [6.07, 6.45) is 7.43. The van der Waals surface area contributed by atoms with Crippen molar-refractivity contribution in [1.82, 2.24) is 30.4 Å². The van der Waals surface area contributed by atoms with E-state index in [0.717, 1.165) is 42.0 Å². The number of hydrogen-bond donors (Lipinski definition) is 0. The van der Waals surface area contributed by atoms with Crippen LogP contribution in [0.1, 0.15) is 65.3 Å². The lowest BCUT2D eigenvalue weighted by Crippen LogP contribution is -2.11. The summed E-state index contributed by atoms with van der Waals surface area (Å²) in [6.45, 7) is 0. The van der Waals surface area contributed by atoms with Crippen LogP contribution in [-0.2, 0) is 35.3 Å². The van der Waals surface area contributed by atoms with Crippen molar-refractivity contribution >= 4 is 11.6 Å². The third-order valence-electron chi connectivity index (χ3n) is 6.72. The second-order valence-electron chi connectivity index (χ2n) is 9.53. The highest BCUT2D eigenvalue weighted by molar-refractivity contribution is 5.82. The zero-order valence-electron chi connectivity index (χ0n) is 20.5. The van der Waals surface area contributed by atoms with Gasteiger partial charge in [0.25, 0.3) is 0 Å². The molecule has 0 aliphatic heterocycles. The quantitative estimate of drug-likeness (QED) is 0.328. The van der Waals surface area contributed by atoms with Gasteiger partial charge in [0.2, 0.25) is 0 Å². The topological polar surface area (TPSA) is 111 Å². The van der Waals surface area contributed by atoms with Crippen molar-refractivity contribution in [3.05, 3.63) is 107 Å². The third kappa shape index (κ3) is 6.73. The monoisotopic (exact) mass is 492 g/mol. The summed E-state index contributed by atoms with van der Waals surface area (Å²) in [6, 6.07) is 18.9. The Bertz CT molecular complexity index is 1220. The molecule has 0 bridgehead atoms. The van der Waals surface area contributed by atoms with Gasteiger partial charge in [0.1, 0.15) is 11.6 Å². The van der Waals surface area contributed by atoms with Gasteiger partial charge in [0.15, 0.2) is 0 Å². The fourth-order valence-electron chi connectivity index (χ4n) is 4.82. The minimum absolute atomic E-state index is 0.0714. The lowest BCUT2D eigenvalue weighted by Gasteiger charge is -2.11. The zero-order valence-corrected chi connectivity index (χ0v) is 20.5. The van der Waals surface area contributed by atoms with Gasteiger partial charge >= 0.3 is 0 Å². The fourth-order valence-corrected chi connectivity index (χ4v) is 4.82. The number of hydrogen-bond acceptors (Lipinski definition) is 8. The van der Waals surface area contributed by atoms with Crippen molar-refractivity contribution in [2.45, 2.75) is 56.8 Å². The molecule has 2 unspecified atom stereocenters. The minimum atomic E-state index is 0.0714. The van der Waals surface area contributed by atoms with Crippen LogP contribution in [0.4, 0.5) is 0 Å². The van der Waals surface area contributed by atoms with E-state index in [-0.39, 0.29) is 24.4 Å². The van der Waals surface area contributed by atoms with Crippen molar-refractivity contribution in [2.24, 2.45) is 0 Å². The molecule has 0 amide bonds. The van der Waals surface area contributed by atoms with Gasteiger partial charge in [-0.3, -0.25) is 19.6 Å². The van der Waals surface area contributed by atoms with Crippen LogP contribution in [0.2, 0.25) is 0 Å². The number of pyridine rings is 2. The zero-order chi connectivity index (χ0) is 25.5. The van der Waals surface area contributed by atoms with Crippen LogP contribution in [0.15, 0.2) is 73.1 Å². The van der Waals surface area contributed by atoms with E-state index >= 15 is 0 Å². The third-order valence-corrected chi connectivity index (χ3v) is 6.72. The molecule has 1 fully saturated rings. The average Bonchev–Trinajstić information content (AvgIpc) is 3.41. The summed E-state index contributed by atoms with van der Waals surface area (Å²) in [5.74, 6) is 0.749. The largest absolute Gasteiger partial charge is 0.299 e. The summed E-state index contributed by atoms with van der Waals surface area (Å²) in [4.78, 5) is 33.1. The van der Waals surface area contributed by atoms with E-state index in [2.05, 4.69) is 30.4 Å². The normalized spacial score (nSPS) is 17.0. The number of carbonyl (C=O) groups excluding carboxylic acids is 2. The first-order valence-corrected chi connectivity index (χ1v) is 12.6. The molecule has 0 spiro atoms. The molecule has 0 radical (unpaired) electrons. The number of rotatable bonds is 10. The first-order valence-electron chi connectivity index (χ1n) is 12.6. The molecule has 4 aromatic heterocycles. The smallest absolute Gasteiger partial charge is 0.144 e. The fraction of sp³-hybridized carbons (Fsp3) is 0.310. The second-order valence-corrected chi connectivity index (χ2v) is 9.53. The molecule has 1 aliphatic carbocycles. The van der Waals surface area contributed by atoms with Crippen LogP contribution in [0.25, 0.3) is 0 Å². The molecule has 2 atom stereocenters. The number of nitrogens with zero attached hydrogens (tertiary/aromatic N) is 6. The highest BCUT2D eigenvalue weighted by atomic mass is 16.1. The Morgan fingerprint density at radius 1 is 0.568 bits per heavy atom. The van der Waals surface area contributed by atoms with E-state index in [9.17, 15) is 9.59 Å². The van der Waals surface area contributed by atoms with Gasteiger partial charge in [0, 0.05) is 48.5 Å². The number of Topliss-reactive ketones (excluding diaryl/α,β-unsaturated/α-hetero) is 2. The van der Waals surface area contributed by atoms with Gasteiger partial charge in [-0.25, -0.2) is 0 Å². The molecule has 186 valence electrons. The molecular formula is C29H28N6O2. The van der Waals surface area contributed by atoms with Crippen LogP contribution in [-0.4, -0.2) is 41.9 Å². The second kappa shape index (κ2) is 11.7. The molecule has 1 aliphatic rings. The lowest BCUT2D eigenvalue weighted by atomic mass is 9.98. The summed E-state index contributed by atoms with van der Waals surface area (Å²) in [5.41, 5.74) is 4.79. The summed E-state index contributed by atoms with van der Waals surface area (Å²) < 4.78 is 0. The van der Waals surface area contributed by atoms with Crippen molar-refractivity contribution in [3.8, 4) is 0 Å². The highest BCUT2D eigenvalue weighted by Gasteiger charge is 2.29. The molecule has 0 N–H and O–H groups in total.